The minimum Gasteiger partial charge on any atom is -0.497 e. The van der Waals surface area contributed by atoms with Crippen LogP contribution >= 0.6 is 0 Å². The molecule has 2 aliphatic rings. The SMILES string of the molecule is COc1cccc(C2c3[nH]c4ccccc4c3C[C@H]3C(=O)N(c4ccccc4C(=O)NCCCOC(C)C)C(=O)N23)c1. The number of aromatic nitrogens is 1. The van der Waals surface area contributed by atoms with Crippen molar-refractivity contribution in [1.29, 1.82) is 0 Å². The highest BCUT2D eigenvalue weighted by molar-refractivity contribution is 6.24. The number of hydrogen-bond donors (Lipinski definition) is 2. The smallest absolute Gasteiger partial charge is 0.332 e. The zero-order valence-corrected chi connectivity index (χ0v) is 23.9. The van der Waals surface area contributed by atoms with Gasteiger partial charge < -0.3 is 19.8 Å². The van der Waals surface area contributed by atoms with Crippen LogP contribution in [-0.4, -0.2) is 60.1 Å². The van der Waals surface area contributed by atoms with E-state index in [2.05, 4.69) is 10.3 Å². The molecule has 1 unspecified atom stereocenters. The fraction of sp³-hybridized carbons (Fsp3) is 0.303. The van der Waals surface area contributed by atoms with Crippen molar-refractivity contribution in [2.24, 2.45) is 0 Å². The minimum atomic E-state index is -0.732. The lowest BCUT2D eigenvalue weighted by atomic mass is 9.89. The molecule has 0 bridgehead atoms. The zero-order chi connectivity index (χ0) is 29.4. The van der Waals surface area contributed by atoms with Crippen LogP contribution in [0.4, 0.5) is 10.5 Å². The summed E-state index contributed by atoms with van der Waals surface area (Å²) in [5.41, 5.74) is 4.20. The van der Waals surface area contributed by atoms with Gasteiger partial charge in [0, 0.05) is 36.2 Å². The monoisotopic (exact) mass is 566 g/mol. The molecule has 1 fully saturated rings. The van der Waals surface area contributed by atoms with Crippen LogP contribution in [0.15, 0.2) is 72.8 Å². The summed E-state index contributed by atoms with van der Waals surface area (Å²) in [6, 6.07) is 20.5. The van der Waals surface area contributed by atoms with E-state index in [1.54, 1.807) is 36.3 Å². The summed E-state index contributed by atoms with van der Waals surface area (Å²) in [5.74, 6) is -0.0430. The molecular formula is C33H34N4O5. The molecule has 3 heterocycles. The van der Waals surface area contributed by atoms with Gasteiger partial charge in [-0.15, -0.1) is 0 Å². The van der Waals surface area contributed by atoms with Gasteiger partial charge >= 0.3 is 6.03 Å². The van der Waals surface area contributed by atoms with Crippen molar-refractivity contribution in [2.75, 3.05) is 25.2 Å². The minimum absolute atomic E-state index is 0.118. The highest BCUT2D eigenvalue weighted by Gasteiger charge is 2.53. The molecule has 6 rings (SSSR count). The molecule has 2 atom stereocenters. The fourth-order valence-electron chi connectivity index (χ4n) is 6.00. The van der Waals surface area contributed by atoms with Gasteiger partial charge in [-0.25, -0.2) is 9.69 Å². The van der Waals surface area contributed by atoms with E-state index in [0.717, 1.165) is 27.7 Å². The molecule has 4 amide bonds. The molecule has 0 spiro atoms. The average molecular weight is 567 g/mol. The molecule has 42 heavy (non-hydrogen) atoms. The van der Waals surface area contributed by atoms with E-state index in [1.807, 2.05) is 62.4 Å². The quantitative estimate of drug-likeness (QED) is 0.214. The summed E-state index contributed by atoms with van der Waals surface area (Å²) in [7, 11) is 1.60. The Hall–Kier alpha value is -4.63. The van der Waals surface area contributed by atoms with Crippen LogP contribution in [-0.2, 0) is 16.0 Å². The van der Waals surface area contributed by atoms with Crippen LogP contribution in [0.1, 0.15) is 53.5 Å². The number of para-hydroxylation sites is 2. The first-order valence-electron chi connectivity index (χ1n) is 14.3. The van der Waals surface area contributed by atoms with E-state index >= 15 is 0 Å². The van der Waals surface area contributed by atoms with Crippen LogP contribution < -0.4 is 15.0 Å². The lowest BCUT2D eigenvalue weighted by molar-refractivity contribution is -0.120. The summed E-state index contributed by atoms with van der Waals surface area (Å²) in [6.07, 6.45) is 1.13. The van der Waals surface area contributed by atoms with E-state index in [-0.39, 0.29) is 29.2 Å². The van der Waals surface area contributed by atoms with Gasteiger partial charge in [0.05, 0.1) is 24.5 Å². The van der Waals surface area contributed by atoms with Gasteiger partial charge in [-0.1, -0.05) is 42.5 Å². The third-order valence-electron chi connectivity index (χ3n) is 7.91. The predicted molar refractivity (Wildman–Crippen MR) is 160 cm³/mol. The second-order valence-electron chi connectivity index (χ2n) is 10.9. The Morgan fingerprint density at radius 3 is 2.64 bits per heavy atom. The maximum absolute atomic E-state index is 14.3. The Labute approximate surface area is 244 Å². The first kappa shape index (κ1) is 27.5. The summed E-state index contributed by atoms with van der Waals surface area (Å²) in [4.78, 5) is 48.0. The Kier molecular flexibility index (Phi) is 7.43. The van der Waals surface area contributed by atoms with Gasteiger partial charge in [-0.05, 0) is 61.7 Å². The number of methoxy groups -OCH3 is 1. The standard InChI is InChI=1S/C33H34N4O5/c1-20(2)42-17-9-16-34-31(38)24-13-5-7-15-27(24)37-32(39)28-19-25-23-12-4-6-14-26(23)35-29(25)30(36(28)33(37)40)21-10-8-11-22(18-21)41-3/h4-8,10-15,18,20,28,30,35H,9,16-17,19H2,1-3H3,(H,34,38)/t28-,30?/m0/s1. The number of rotatable bonds is 9. The maximum atomic E-state index is 14.3. The molecule has 1 aromatic heterocycles. The van der Waals surface area contributed by atoms with Crippen LogP contribution in [0.3, 0.4) is 0 Å². The van der Waals surface area contributed by atoms with E-state index in [1.165, 1.54) is 4.90 Å². The molecule has 216 valence electrons. The number of benzene rings is 3. The molecule has 3 aromatic carbocycles. The molecule has 0 saturated carbocycles. The third kappa shape index (κ3) is 4.79. The van der Waals surface area contributed by atoms with E-state index in [4.69, 9.17) is 9.47 Å². The molecule has 0 aliphatic carbocycles. The summed E-state index contributed by atoms with van der Waals surface area (Å²) < 4.78 is 11.1. The van der Waals surface area contributed by atoms with Gasteiger partial charge in [0.1, 0.15) is 17.8 Å². The molecule has 2 N–H and O–H groups in total. The lowest BCUT2D eigenvalue weighted by Crippen LogP contribution is -2.44. The second kappa shape index (κ2) is 11.3. The Morgan fingerprint density at radius 2 is 1.83 bits per heavy atom. The Morgan fingerprint density at radius 1 is 1.05 bits per heavy atom. The number of urea groups is 1. The van der Waals surface area contributed by atoms with Gasteiger partial charge in [-0.2, -0.15) is 0 Å². The topological polar surface area (TPSA) is 104 Å². The number of hydrogen-bond acceptors (Lipinski definition) is 5. The largest absolute Gasteiger partial charge is 0.497 e. The summed E-state index contributed by atoms with van der Waals surface area (Å²) in [5, 5.41) is 3.93. The molecular weight excluding hydrogens is 532 g/mol. The number of fused-ring (bicyclic) bond motifs is 4. The molecule has 1 saturated heterocycles. The first-order chi connectivity index (χ1) is 20.4. The van der Waals surface area contributed by atoms with Crippen molar-refractivity contribution in [1.82, 2.24) is 15.2 Å². The van der Waals surface area contributed by atoms with Crippen molar-refractivity contribution in [3.8, 4) is 5.75 Å². The Bertz CT molecular complexity index is 1660. The van der Waals surface area contributed by atoms with Crippen molar-refractivity contribution in [2.45, 2.75) is 44.9 Å². The second-order valence-corrected chi connectivity index (χ2v) is 10.9. The number of carbonyl (C=O) groups is 3. The maximum Gasteiger partial charge on any atom is 0.332 e. The summed E-state index contributed by atoms with van der Waals surface area (Å²) >= 11 is 0. The van der Waals surface area contributed by atoms with E-state index in [0.29, 0.717) is 31.7 Å². The highest BCUT2D eigenvalue weighted by atomic mass is 16.5. The van der Waals surface area contributed by atoms with Crippen molar-refractivity contribution < 1.29 is 23.9 Å². The van der Waals surface area contributed by atoms with Gasteiger partial charge in [0.25, 0.3) is 11.8 Å². The van der Waals surface area contributed by atoms with E-state index < -0.39 is 18.1 Å². The van der Waals surface area contributed by atoms with Crippen molar-refractivity contribution in [3.05, 3.63) is 95.2 Å². The predicted octanol–water partition coefficient (Wildman–Crippen LogP) is 5.20. The number of H-pyrrole nitrogens is 1. The normalized spacial score (nSPS) is 18.0. The number of imide groups is 1. The number of nitrogens with zero attached hydrogens (tertiary/aromatic N) is 2. The average Bonchev–Trinajstić information content (AvgIpc) is 3.49. The summed E-state index contributed by atoms with van der Waals surface area (Å²) in [6.45, 7) is 4.87. The lowest BCUT2D eigenvalue weighted by Gasteiger charge is -2.36. The highest BCUT2D eigenvalue weighted by Crippen LogP contribution is 2.45. The third-order valence-corrected chi connectivity index (χ3v) is 7.91. The Balaban J connectivity index is 1.37. The van der Waals surface area contributed by atoms with Gasteiger partial charge in [0.2, 0.25) is 0 Å². The molecule has 4 aromatic rings. The fourth-order valence-corrected chi connectivity index (χ4v) is 6.00. The van der Waals surface area contributed by atoms with Crippen LogP contribution in [0, 0.1) is 0 Å². The number of nitrogens with one attached hydrogen (secondary N) is 2. The van der Waals surface area contributed by atoms with Crippen LogP contribution in [0.5, 0.6) is 5.75 Å². The molecule has 0 radical (unpaired) electrons. The number of amides is 4. The first-order valence-corrected chi connectivity index (χ1v) is 14.3. The van der Waals surface area contributed by atoms with Crippen LogP contribution in [0.25, 0.3) is 10.9 Å². The number of carbonyl (C=O) groups excluding carboxylic acids is 3. The van der Waals surface area contributed by atoms with Gasteiger partial charge in [-0.3, -0.25) is 14.5 Å². The van der Waals surface area contributed by atoms with Crippen molar-refractivity contribution in [3.63, 3.8) is 0 Å². The van der Waals surface area contributed by atoms with Crippen molar-refractivity contribution >= 4 is 34.4 Å². The number of anilines is 1. The molecule has 2 aliphatic heterocycles. The number of aromatic amines is 1. The number of ether oxygens (including phenoxy) is 2. The zero-order valence-electron chi connectivity index (χ0n) is 23.9. The van der Waals surface area contributed by atoms with E-state index in [9.17, 15) is 14.4 Å². The van der Waals surface area contributed by atoms with Gasteiger partial charge in [0.15, 0.2) is 0 Å². The molecule has 9 heteroatoms. The molecule has 9 nitrogen and oxygen atoms in total. The van der Waals surface area contributed by atoms with Crippen LogP contribution in [0.2, 0.25) is 0 Å².